The topological polar surface area (TPSA) is 61.3 Å². The average molecular weight is 375 g/mol. The van der Waals surface area contributed by atoms with E-state index in [0.29, 0.717) is 15.8 Å². The Hall–Kier alpha value is -2.31. The number of thioether (sulfide) groups is 1. The smallest absolute Gasteiger partial charge is 0.316 e. The van der Waals surface area contributed by atoms with E-state index >= 15 is 0 Å². The van der Waals surface area contributed by atoms with E-state index < -0.39 is 0 Å². The Kier molecular flexibility index (Phi) is 6.09. The van der Waals surface area contributed by atoms with Crippen LogP contribution in [0.2, 0.25) is 5.02 Å². The zero-order valence-electron chi connectivity index (χ0n) is 13.2. The van der Waals surface area contributed by atoms with Gasteiger partial charge in [-0.05, 0) is 24.3 Å². The lowest BCUT2D eigenvalue weighted by Crippen LogP contribution is -2.14. The Labute approximate surface area is 154 Å². The van der Waals surface area contributed by atoms with Crippen LogP contribution in [0.15, 0.2) is 59.8 Å². The highest BCUT2D eigenvalue weighted by Gasteiger charge is 2.07. The lowest BCUT2D eigenvalue weighted by atomic mass is 10.3. The predicted octanol–water partition coefficient (Wildman–Crippen LogP) is 4.00. The molecule has 0 N–H and O–H groups in total. The van der Waals surface area contributed by atoms with Crippen molar-refractivity contribution in [2.45, 2.75) is 5.03 Å². The molecule has 5 nitrogen and oxygen atoms in total. The van der Waals surface area contributed by atoms with Crippen LogP contribution in [0.1, 0.15) is 0 Å². The van der Waals surface area contributed by atoms with E-state index in [9.17, 15) is 4.79 Å². The van der Waals surface area contributed by atoms with Gasteiger partial charge in [-0.2, -0.15) is 0 Å². The normalized spacial score (nSPS) is 10.6. The van der Waals surface area contributed by atoms with E-state index in [1.165, 1.54) is 11.8 Å². The molecule has 0 amide bonds. The number of fused-ring (bicyclic) bond motifs is 1. The Morgan fingerprint density at radius 1 is 1.04 bits per heavy atom. The minimum Gasteiger partial charge on any atom is -0.488 e. The van der Waals surface area contributed by atoms with Crippen LogP contribution in [0.25, 0.3) is 11.0 Å². The van der Waals surface area contributed by atoms with Crippen molar-refractivity contribution in [3.8, 4) is 5.75 Å². The number of hydrogen-bond donors (Lipinski definition) is 0. The summed E-state index contributed by atoms with van der Waals surface area (Å²) in [4.78, 5) is 20.5. The number of aromatic nitrogens is 2. The van der Waals surface area contributed by atoms with Gasteiger partial charge >= 0.3 is 5.97 Å². The van der Waals surface area contributed by atoms with Crippen LogP contribution in [0.4, 0.5) is 0 Å². The lowest BCUT2D eigenvalue weighted by Gasteiger charge is -2.08. The van der Waals surface area contributed by atoms with Crippen LogP contribution >= 0.6 is 23.4 Å². The van der Waals surface area contributed by atoms with Crippen molar-refractivity contribution in [2.75, 3.05) is 19.0 Å². The first-order valence-electron chi connectivity index (χ1n) is 7.60. The zero-order valence-corrected chi connectivity index (χ0v) is 14.8. The number of carbonyl (C=O) groups is 1. The summed E-state index contributed by atoms with van der Waals surface area (Å²) in [5.41, 5.74) is 1.63. The highest BCUT2D eigenvalue weighted by molar-refractivity contribution is 7.99. The summed E-state index contributed by atoms with van der Waals surface area (Å²) in [6.07, 6.45) is 1.65. The molecule has 0 saturated heterocycles. The van der Waals surface area contributed by atoms with Crippen molar-refractivity contribution >= 4 is 40.4 Å². The number of nitrogens with zero attached hydrogens (tertiary/aromatic N) is 2. The van der Waals surface area contributed by atoms with E-state index in [-0.39, 0.29) is 24.9 Å². The fourth-order valence-corrected chi connectivity index (χ4v) is 2.88. The molecule has 7 heteroatoms. The van der Waals surface area contributed by atoms with E-state index in [1.807, 2.05) is 36.4 Å². The summed E-state index contributed by atoms with van der Waals surface area (Å²) >= 11 is 7.27. The minimum absolute atomic E-state index is 0.161. The maximum absolute atomic E-state index is 11.8. The molecular formula is C18H15ClN2O3S. The first-order chi connectivity index (χ1) is 12.2. The Balaban J connectivity index is 1.41. The first kappa shape index (κ1) is 17.5. The SMILES string of the molecule is O=C(CSc1cnc2ccccc2n1)OCCOc1ccccc1Cl. The highest BCUT2D eigenvalue weighted by Crippen LogP contribution is 2.23. The zero-order chi connectivity index (χ0) is 17.5. The molecule has 0 atom stereocenters. The van der Waals surface area contributed by atoms with Gasteiger partial charge in [0.15, 0.2) is 0 Å². The molecule has 0 aliphatic heterocycles. The van der Waals surface area contributed by atoms with Gasteiger partial charge in [-0.15, -0.1) is 0 Å². The molecule has 1 heterocycles. The lowest BCUT2D eigenvalue weighted by molar-refractivity contribution is -0.141. The van der Waals surface area contributed by atoms with E-state index in [1.54, 1.807) is 18.3 Å². The molecule has 128 valence electrons. The second kappa shape index (κ2) is 8.69. The van der Waals surface area contributed by atoms with Gasteiger partial charge in [0.2, 0.25) is 0 Å². The second-order valence-corrected chi connectivity index (χ2v) is 6.39. The quantitative estimate of drug-likeness (QED) is 0.354. The third kappa shape index (κ3) is 5.08. The first-order valence-corrected chi connectivity index (χ1v) is 8.96. The standard InChI is InChI=1S/C18H15ClN2O3S/c19-13-5-1-4-8-16(13)23-9-10-24-18(22)12-25-17-11-20-14-6-2-3-7-15(14)21-17/h1-8,11H,9-10,12H2. The molecular weight excluding hydrogens is 360 g/mol. The van der Waals surface area contributed by atoms with E-state index in [4.69, 9.17) is 21.1 Å². The molecule has 0 spiro atoms. The van der Waals surface area contributed by atoms with Gasteiger partial charge in [-0.1, -0.05) is 47.6 Å². The summed E-state index contributed by atoms with van der Waals surface area (Å²) in [5.74, 6) is 0.405. The maximum atomic E-state index is 11.8. The number of ether oxygens (including phenoxy) is 2. The molecule has 0 saturated carbocycles. The molecule has 0 bridgehead atoms. The van der Waals surface area contributed by atoms with Crippen molar-refractivity contribution in [2.24, 2.45) is 0 Å². The fourth-order valence-electron chi connectivity index (χ4n) is 2.05. The summed E-state index contributed by atoms with van der Waals surface area (Å²) in [5, 5.41) is 1.21. The van der Waals surface area contributed by atoms with Crippen LogP contribution in [0.5, 0.6) is 5.75 Å². The molecule has 0 unspecified atom stereocenters. The van der Waals surface area contributed by atoms with Crippen LogP contribution in [0.3, 0.4) is 0 Å². The highest BCUT2D eigenvalue weighted by atomic mass is 35.5. The number of halogens is 1. The van der Waals surface area contributed by atoms with Crippen LogP contribution in [-0.2, 0) is 9.53 Å². The Morgan fingerprint density at radius 2 is 1.80 bits per heavy atom. The molecule has 2 aromatic carbocycles. The molecule has 3 rings (SSSR count). The molecule has 0 fully saturated rings. The minimum atomic E-state index is -0.331. The van der Waals surface area contributed by atoms with Crippen LogP contribution in [-0.4, -0.2) is 34.9 Å². The summed E-state index contributed by atoms with van der Waals surface area (Å²) in [6, 6.07) is 14.7. The molecule has 25 heavy (non-hydrogen) atoms. The molecule has 3 aromatic rings. The monoisotopic (exact) mass is 374 g/mol. The summed E-state index contributed by atoms with van der Waals surface area (Å²) < 4.78 is 10.6. The average Bonchev–Trinajstić information content (AvgIpc) is 2.64. The third-order valence-corrected chi connectivity index (χ3v) is 4.39. The van der Waals surface area contributed by atoms with E-state index in [0.717, 1.165) is 11.0 Å². The van der Waals surface area contributed by atoms with Crippen molar-refractivity contribution in [3.05, 3.63) is 59.8 Å². The van der Waals surface area contributed by atoms with Crippen molar-refractivity contribution in [3.63, 3.8) is 0 Å². The molecule has 0 aliphatic carbocycles. The van der Waals surface area contributed by atoms with Gasteiger partial charge in [-0.3, -0.25) is 9.78 Å². The number of para-hydroxylation sites is 3. The number of benzene rings is 2. The van der Waals surface area contributed by atoms with Crippen molar-refractivity contribution < 1.29 is 14.3 Å². The summed E-state index contributed by atoms with van der Waals surface area (Å²) in [7, 11) is 0. The summed E-state index contributed by atoms with van der Waals surface area (Å²) in [6.45, 7) is 0.407. The van der Waals surface area contributed by atoms with Crippen molar-refractivity contribution in [1.29, 1.82) is 0 Å². The van der Waals surface area contributed by atoms with Gasteiger partial charge in [0.25, 0.3) is 0 Å². The number of hydrogen-bond acceptors (Lipinski definition) is 6. The fraction of sp³-hybridized carbons (Fsp3) is 0.167. The predicted molar refractivity (Wildman–Crippen MR) is 98.2 cm³/mol. The van der Waals surface area contributed by atoms with Gasteiger partial charge in [0, 0.05) is 0 Å². The Morgan fingerprint density at radius 3 is 2.64 bits per heavy atom. The second-order valence-electron chi connectivity index (χ2n) is 4.98. The van der Waals surface area contributed by atoms with Crippen molar-refractivity contribution in [1.82, 2.24) is 9.97 Å². The number of esters is 1. The van der Waals surface area contributed by atoms with Crippen LogP contribution in [0, 0.1) is 0 Å². The maximum Gasteiger partial charge on any atom is 0.316 e. The number of carbonyl (C=O) groups excluding carboxylic acids is 1. The van der Waals surface area contributed by atoms with E-state index in [2.05, 4.69) is 9.97 Å². The van der Waals surface area contributed by atoms with Gasteiger partial charge in [0.05, 0.1) is 28.0 Å². The molecule has 0 aliphatic rings. The van der Waals surface area contributed by atoms with Crippen LogP contribution < -0.4 is 4.74 Å². The van der Waals surface area contributed by atoms with Gasteiger partial charge < -0.3 is 9.47 Å². The Bertz CT molecular complexity index is 876. The largest absolute Gasteiger partial charge is 0.488 e. The number of rotatable bonds is 7. The van der Waals surface area contributed by atoms with Gasteiger partial charge in [-0.25, -0.2) is 4.98 Å². The molecule has 1 aromatic heterocycles. The molecule has 0 radical (unpaired) electrons. The van der Waals surface area contributed by atoms with Gasteiger partial charge in [0.1, 0.15) is 24.0 Å². The third-order valence-electron chi connectivity index (χ3n) is 3.20.